The number of pyridine rings is 1. The molecule has 3 aromatic rings. The smallest absolute Gasteiger partial charge is 0.250 e. The topological polar surface area (TPSA) is 75.7 Å². The second-order valence-corrected chi connectivity index (χ2v) is 8.24. The molecule has 4 rings (SSSR count). The van der Waals surface area contributed by atoms with Gasteiger partial charge in [0.05, 0.1) is 30.6 Å². The van der Waals surface area contributed by atoms with Crippen molar-refractivity contribution in [2.45, 2.75) is 12.1 Å². The first-order valence-electron chi connectivity index (χ1n) is 9.63. The molecule has 1 amide bonds. The Bertz CT molecular complexity index is 1060. The van der Waals surface area contributed by atoms with Crippen molar-refractivity contribution in [1.82, 2.24) is 10.3 Å². The van der Waals surface area contributed by atoms with E-state index in [9.17, 15) is 4.79 Å². The third kappa shape index (κ3) is 4.39. The van der Waals surface area contributed by atoms with Gasteiger partial charge in [-0.2, -0.15) is 0 Å². The molecule has 3 heterocycles. The maximum Gasteiger partial charge on any atom is 0.250 e. The van der Waals surface area contributed by atoms with Crippen molar-refractivity contribution in [2.24, 2.45) is 0 Å². The third-order valence-electron chi connectivity index (χ3n) is 4.94. The number of anilines is 2. The van der Waals surface area contributed by atoms with Crippen molar-refractivity contribution in [3.8, 4) is 5.75 Å². The van der Waals surface area contributed by atoms with Gasteiger partial charge in [0.15, 0.2) is 5.11 Å². The van der Waals surface area contributed by atoms with Gasteiger partial charge in [-0.05, 0) is 54.0 Å². The van der Waals surface area contributed by atoms with Gasteiger partial charge in [-0.3, -0.25) is 9.78 Å². The van der Waals surface area contributed by atoms with E-state index in [1.807, 2.05) is 42.5 Å². The Hall–Kier alpha value is -3.01. The van der Waals surface area contributed by atoms with Crippen molar-refractivity contribution < 1.29 is 14.3 Å². The molecule has 1 aromatic carbocycles. The van der Waals surface area contributed by atoms with Gasteiger partial charge in [0.2, 0.25) is 5.91 Å². The Morgan fingerprint density at radius 2 is 2.13 bits per heavy atom. The minimum atomic E-state index is -0.263. The Morgan fingerprint density at radius 1 is 1.26 bits per heavy atom. The molecule has 160 valence electrons. The number of rotatable bonds is 7. The number of methoxy groups -OCH3 is 2. The van der Waals surface area contributed by atoms with Crippen LogP contribution in [0.3, 0.4) is 0 Å². The molecule has 0 saturated carbocycles. The first kappa shape index (κ1) is 21.2. The number of thiocarbonyl (C=S) groups is 1. The Morgan fingerprint density at radius 3 is 2.81 bits per heavy atom. The molecule has 1 saturated heterocycles. The summed E-state index contributed by atoms with van der Waals surface area (Å²) in [6, 6.07) is 15.4. The van der Waals surface area contributed by atoms with Gasteiger partial charge in [-0.25, -0.2) is 0 Å². The van der Waals surface area contributed by atoms with Crippen molar-refractivity contribution >= 4 is 45.9 Å². The summed E-state index contributed by atoms with van der Waals surface area (Å²) in [5.74, 6) is 0.293. The summed E-state index contributed by atoms with van der Waals surface area (Å²) in [5.41, 5.74) is 2.30. The summed E-state index contributed by atoms with van der Waals surface area (Å²) in [6.45, 7) is -0.0450. The molecule has 1 fully saturated rings. The van der Waals surface area contributed by atoms with E-state index in [0.717, 1.165) is 16.3 Å². The highest BCUT2D eigenvalue weighted by atomic mass is 32.1. The van der Waals surface area contributed by atoms with Crippen LogP contribution in [0.15, 0.2) is 60.1 Å². The average molecular weight is 455 g/mol. The average Bonchev–Trinajstić information content (AvgIpc) is 3.42. The van der Waals surface area contributed by atoms with Crippen molar-refractivity contribution in [3.05, 3.63) is 70.7 Å². The first-order chi connectivity index (χ1) is 15.1. The van der Waals surface area contributed by atoms with E-state index in [2.05, 4.69) is 32.0 Å². The predicted molar refractivity (Wildman–Crippen MR) is 126 cm³/mol. The fourth-order valence-electron chi connectivity index (χ4n) is 3.64. The lowest BCUT2D eigenvalue weighted by molar-refractivity contribution is -0.119. The van der Waals surface area contributed by atoms with E-state index < -0.39 is 0 Å². The number of benzene rings is 1. The standard InChI is InChI=1S/C22H22N4O3S2/c1-28-13-19(27)24-16-12-14(8-9-17(16)29-2)26-21(18-7-5-11-31-18)20(25-22(26)30)15-6-3-4-10-23-15/h3-12,20-21H,13H2,1-2H3,(H,24,27)(H,25,30). The van der Waals surface area contributed by atoms with Crippen LogP contribution >= 0.6 is 23.6 Å². The molecule has 1 aliphatic heterocycles. The number of carbonyl (C=O) groups is 1. The summed E-state index contributed by atoms with van der Waals surface area (Å²) in [5, 5.41) is 8.92. The molecule has 0 spiro atoms. The second-order valence-electron chi connectivity index (χ2n) is 6.88. The quantitative estimate of drug-likeness (QED) is 0.524. The van der Waals surface area contributed by atoms with Crippen LogP contribution < -0.4 is 20.3 Å². The number of nitrogens with one attached hydrogen (secondary N) is 2. The largest absolute Gasteiger partial charge is 0.495 e. The maximum atomic E-state index is 12.1. The fourth-order valence-corrected chi connectivity index (χ4v) is 4.84. The molecule has 31 heavy (non-hydrogen) atoms. The number of hydrogen-bond donors (Lipinski definition) is 2. The summed E-state index contributed by atoms with van der Waals surface area (Å²) in [4.78, 5) is 19.9. The van der Waals surface area contributed by atoms with E-state index in [-0.39, 0.29) is 24.6 Å². The zero-order valence-electron chi connectivity index (χ0n) is 17.1. The predicted octanol–water partition coefficient (Wildman–Crippen LogP) is 3.91. The number of hydrogen-bond acceptors (Lipinski definition) is 6. The number of amides is 1. The van der Waals surface area contributed by atoms with Crippen LogP contribution in [0.4, 0.5) is 11.4 Å². The number of thiophene rings is 1. The van der Waals surface area contributed by atoms with Crippen LogP contribution in [0.5, 0.6) is 5.75 Å². The molecule has 0 aliphatic carbocycles. The van der Waals surface area contributed by atoms with Crippen LogP contribution in [0.2, 0.25) is 0 Å². The molecule has 2 unspecified atom stereocenters. The minimum absolute atomic E-state index is 0.0450. The van der Waals surface area contributed by atoms with Crippen molar-refractivity contribution in [2.75, 3.05) is 31.0 Å². The van der Waals surface area contributed by atoms with Gasteiger partial charge < -0.3 is 25.0 Å². The number of carbonyl (C=O) groups excluding carboxylic acids is 1. The van der Waals surface area contributed by atoms with Gasteiger partial charge in [0, 0.05) is 23.9 Å². The van der Waals surface area contributed by atoms with E-state index in [1.165, 1.54) is 7.11 Å². The van der Waals surface area contributed by atoms with Gasteiger partial charge >= 0.3 is 0 Å². The minimum Gasteiger partial charge on any atom is -0.495 e. The number of aromatic nitrogens is 1. The zero-order chi connectivity index (χ0) is 21.8. The van der Waals surface area contributed by atoms with E-state index in [4.69, 9.17) is 21.7 Å². The van der Waals surface area contributed by atoms with Gasteiger partial charge in [-0.15, -0.1) is 11.3 Å². The molecule has 9 heteroatoms. The highest BCUT2D eigenvalue weighted by molar-refractivity contribution is 7.80. The van der Waals surface area contributed by atoms with E-state index in [0.29, 0.717) is 16.5 Å². The lowest BCUT2D eigenvalue weighted by Gasteiger charge is -2.27. The summed E-state index contributed by atoms with van der Waals surface area (Å²) in [6.07, 6.45) is 1.78. The molecule has 0 bridgehead atoms. The Kier molecular flexibility index (Phi) is 6.45. The molecular formula is C22H22N4O3S2. The molecule has 2 aromatic heterocycles. The molecular weight excluding hydrogens is 432 g/mol. The van der Waals surface area contributed by atoms with Crippen LogP contribution in [0, 0.1) is 0 Å². The summed E-state index contributed by atoms with van der Waals surface area (Å²) >= 11 is 7.41. The SMILES string of the molecule is COCC(=O)Nc1cc(N2C(=S)NC(c3ccccn3)C2c2cccs2)ccc1OC. The zero-order valence-corrected chi connectivity index (χ0v) is 18.7. The van der Waals surface area contributed by atoms with E-state index >= 15 is 0 Å². The Labute approximate surface area is 190 Å². The van der Waals surface area contributed by atoms with Crippen LogP contribution in [-0.4, -0.2) is 36.8 Å². The molecule has 1 aliphatic rings. The molecule has 0 radical (unpaired) electrons. The third-order valence-corrected chi connectivity index (χ3v) is 6.20. The molecule has 7 nitrogen and oxygen atoms in total. The number of ether oxygens (including phenoxy) is 2. The van der Waals surface area contributed by atoms with Gasteiger partial charge in [-0.1, -0.05) is 12.1 Å². The maximum absolute atomic E-state index is 12.1. The number of nitrogens with zero attached hydrogens (tertiary/aromatic N) is 2. The Balaban J connectivity index is 1.75. The highest BCUT2D eigenvalue weighted by Crippen LogP contribution is 2.44. The second kappa shape index (κ2) is 9.42. The van der Waals surface area contributed by atoms with Crippen LogP contribution in [0.1, 0.15) is 22.7 Å². The molecule has 2 N–H and O–H groups in total. The van der Waals surface area contributed by atoms with Gasteiger partial charge in [0.25, 0.3) is 0 Å². The normalized spacial score (nSPS) is 18.0. The highest BCUT2D eigenvalue weighted by Gasteiger charge is 2.41. The van der Waals surface area contributed by atoms with Gasteiger partial charge in [0.1, 0.15) is 12.4 Å². The van der Waals surface area contributed by atoms with Crippen molar-refractivity contribution in [1.29, 1.82) is 0 Å². The monoisotopic (exact) mass is 454 g/mol. The lowest BCUT2D eigenvalue weighted by atomic mass is 10.0. The van der Waals surface area contributed by atoms with Crippen LogP contribution in [0.25, 0.3) is 0 Å². The fraction of sp³-hybridized carbons (Fsp3) is 0.227. The summed E-state index contributed by atoms with van der Waals surface area (Å²) in [7, 11) is 3.04. The van der Waals surface area contributed by atoms with Crippen molar-refractivity contribution in [3.63, 3.8) is 0 Å². The first-order valence-corrected chi connectivity index (χ1v) is 10.9. The summed E-state index contributed by atoms with van der Waals surface area (Å²) < 4.78 is 10.4. The van der Waals surface area contributed by atoms with E-state index in [1.54, 1.807) is 24.6 Å². The molecule has 2 atom stereocenters. The lowest BCUT2D eigenvalue weighted by Crippen LogP contribution is -2.29. The van der Waals surface area contributed by atoms with Crippen LogP contribution in [-0.2, 0) is 9.53 Å².